The Kier molecular flexibility index (Phi) is 5.04. The maximum atomic E-state index is 12.3. The van der Waals surface area contributed by atoms with E-state index in [4.69, 9.17) is 0 Å². The van der Waals surface area contributed by atoms with Crippen LogP contribution in [0.25, 0.3) is 0 Å². The molecule has 2 rings (SSSR count). The molecule has 0 aromatic carbocycles. The Hall–Kier alpha value is -1.35. The van der Waals surface area contributed by atoms with E-state index in [0.717, 1.165) is 15.4 Å². The lowest BCUT2D eigenvalue weighted by atomic mass is 10.4. The highest BCUT2D eigenvalue weighted by Crippen LogP contribution is 2.25. The number of nitrogens with zero attached hydrogens (tertiary/aromatic N) is 2. The fourth-order valence-electron chi connectivity index (χ4n) is 1.81. The van der Waals surface area contributed by atoms with Gasteiger partial charge < -0.3 is 5.32 Å². The van der Waals surface area contributed by atoms with E-state index in [1.165, 1.54) is 11.3 Å². The number of rotatable bonds is 6. The second-order valence-electron chi connectivity index (χ2n) is 4.64. The minimum absolute atomic E-state index is 0.131. The van der Waals surface area contributed by atoms with Gasteiger partial charge in [-0.25, -0.2) is 13.1 Å². The van der Waals surface area contributed by atoms with Crippen molar-refractivity contribution < 1.29 is 8.42 Å². The predicted molar refractivity (Wildman–Crippen MR) is 82.6 cm³/mol. The van der Waals surface area contributed by atoms with Crippen molar-refractivity contribution in [3.05, 3.63) is 39.6 Å². The van der Waals surface area contributed by atoms with Crippen molar-refractivity contribution in [1.82, 2.24) is 20.0 Å². The number of nitrogens with one attached hydrogen (secondary N) is 2. The Balaban J connectivity index is 2.12. The fraction of sp³-hybridized carbons (Fsp3) is 0.385. The summed E-state index contributed by atoms with van der Waals surface area (Å²) in [6.45, 7) is 4.43. The van der Waals surface area contributed by atoms with Crippen molar-refractivity contribution in [2.24, 2.45) is 0 Å². The summed E-state index contributed by atoms with van der Waals surface area (Å²) in [4.78, 5) is 10.3. The zero-order valence-electron chi connectivity index (χ0n) is 12.2. The lowest BCUT2D eigenvalue weighted by Gasteiger charge is -2.05. The maximum Gasteiger partial charge on any atom is 0.242 e. The molecule has 0 atom stereocenters. The molecule has 21 heavy (non-hydrogen) atoms. The summed E-state index contributed by atoms with van der Waals surface area (Å²) < 4.78 is 27.2. The third-order valence-corrected chi connectivity index (χ3v) is 5.55. The van der Waals surface area contributed by atoms with Crippen molar-refractivity contribution in [3.63, 3.8) is 0 Å². The zero-order chi connectivity index (χ0) is 15.5. The van der Waals surface area contributed by atoms with E-state index in [1.54, 1.807) is 18.5 Å². The molecule has 0 unspecified atom stereocenters. The molecule has 0 radical (unpaired) electrons. The highest BCUT2D eigenvalue weighted by Gasteiger charge is 2.19. The molecule has 0 aliphatic heterocycles. The van der Waals surface area contributed by atoms with Crippen LogP contribution in [0, 0.1) is 13.8 Å². The van der Waals surface area contributed by atoms with Crippen molar-refractivity contribution in [2.45, 2.75) is 31.8 Å². The molecule has 0 bridgehead atoms. The summed E-state index contributed by atoms with van der Waals surface area (Å²) in [6.07, 6.45) is 3.19. The van der Waals surface area contributed by atoms with Gasteiger partial charge in [-0.3, -0.25) is 9.97 Å². The first-order valence-electron chi connectivity index (χ1n) is 6.43. The Morgan fingerprint density at radius 2 is 1.95 bits per heavy atom. The molecule has 0 aliphatic rings. The normalized spacial score (nSPS) is 11.8. The number of hydrogen-bond acceptors (Lipinski definition) is 6. The van der Waals surface area contributed by atoms with Gasteiger partial charge in [-0.05, 0) is 27.0 Å². The van der Waals surface area contributed by atoms with Crippen LogP contribution in [0.4, 0.5) is 0 Å². The Labute approximate surface area is 128 Å². The largest absolute Gasteiger partial charge is 0.315 e. The van der Waals surface area contributed by atoms with Crippen LogP contribution in [-0.4, -0.2) is 25.4 Å². The molecule has 6 nitrogen and oxygen atoms in total. The van der Waals surface area contributed by atoms with Gasteiger partial charge in [0, 0.05) is 22.5 Å². The first-order valence-corrected chi connectivity index (χ1v) is 8.73. The summed E-state index contributed by atoms with van der Waals surface area (Å²) >= 11 is 1.48. The number of aryl methyl sites for hydroxylation is 2. The molecule has 8 heteroatoms. The van der Waals surface area contributed by atoms with E-state index >= 15 is 0 Å². The summed E-state index contributed by atoms with van der Waals surface area (Å²) in [5.41, 5.74) is 1.39. The van der Waals surface area contributed by atoms with Crippen LogP contribution in [0.3, 0.4) is 0 Å². The highest BCUT2D eigenvalue weighted by molar-refractivity contribution is 7.89. The first kappa shape index (κ1) is 16.0. The van der Waals surface area contributed by atoms with E-state index < -0.39 is 10.0 Å². The van der Waals surface area contributed by atoms with Gasteiger partial charge >= 0.3 is 0 Å². The van der Waals surface area contributed by atoms with Gasteiger partial charge in [0.25, 0.3) is 0 Å². The molecule has 0 aliphatic carbocycles. The van der Waals surface area contributed by atoms with Crippen LogP contribution in [-0.2, 0) is 23.1 Å². The van der Waals surface area contributed by atoms with Gasteiger partial charge in [-0.2, -0.15) is 0 Å². The van der Waals surface area contributed by atoms with Gasteiger partial charge in [0.2, 0.25) is 10.0 Å². The zero-order valence-corrected chi connectivity index (χ0v) is 13.8. The Morgan fingerprint density at radius 3 is 2.57 bits per heavy atom. The van der Waals surface area contributed by atoms with E-state index in [9.17, 15) is 8.42 Å². The number of sulfonamides is 1. The van der Waals surface area contributed by atoms with Gasteiger partial charge in [-0.1, -0.05) is 0 Å². The van der Waals surface area contributed by atoms with E-state index in [2.05, 4.69) is 20.0 Å². The Morgan fingerprint density at radius 1 is 1.19 bits per heavy atom. The molecule has 2 aromatic rings. The average Bonchev–Trinajstić information content (AvgIpc) is 2.80. The summed E-state index contributed by atoms with van der Waals surface area (Å²) in [7, 11) is -1.70. The van der Waals surface area contributed by atoms with Crippen LogP contribution >= 0.6 is 11.3 Å². The fourth-order valence-corrected chi connectivity index (χ4v) is 4.45. The SMILES string of the molecule is CNCc1cc(S(=O)(=O)NCc2cnc(C)cn2)c(C)s1. The van der Waals surface area contributed by atoms with Crippen LogP contribution in [0.15, 0.2) is 23.4 Å². The van der Waals surface area contributed by atoms with Gasteiger partial charge in [0.15, 0.2) is 0 Å². The predicted octanol–water partition coefficient (Wildman–Crippen LogP) is 1.35. The third-order valence-electron chi connectivity index (χ3n) is 2.84. The van der Waals surface area contributed by atoms with Gasteiger partial charge in [0.05, 0.1) is 29.0 Å². The molecule has 0 spiro atoms. The van der Waals surface area contributed by atoms with Gasteiger partial charge in [0.1, 0.15) is 0 Å². The summed E-state index contributed by atoms with van der Waals surface area (Å²) in [5, 5.41) is 3.02. The maximum absolute atomic E-state index is 12.3. The quantitative estimate of drug-likeness (QED) is 0.837. The molecule has 0 amide bonds. The Bertz CT molecular complexity index is 708. The van der Waals surface area contributed by atoms with E-state index in [1.807, 2.05) is 20.9 Å². The monoisotopic (exact) mass is 326 g/mol. The summed E-state index contributed by atoms with van der Waals surface area (Å²) in [6, 6.07) is 1.71. The standard InChI is InChI=1S/C13H18N4O2S2/c1-9-5-16-11(6-15-9)7-17-21(18,19)13-4-12(8-14-3)20-10(13)2/h4-6,14,17H,7-8H2,1-3H3. The van der Waals surface area contributed by atoms with Crippen molar-refractivity contribution >= 4 is 21.4 Å². The molecular formula is C13H18N4O2S2. The number of aromatic nitrogens is 2. The van der Waals surface area contributed by atoms with Gasteiger partial charge in [-0.15, -0.1) is 11.3 Å². The third kappa shape index (κ3) is 4.07. The highest BCUT2D eigenvalue weighted by atomic mass is 32.2. The number of hydrogen-bond donors (Lipinski definition) is 2. The summed E-state index contributed by atoms with van der Waals surface area (Å²) in [5.74, 6) is 0. The van der Waals surface area contributed by atoms with Crippen LogP contribution in [0.5, 0.6) is 0 Å². The molecule has 2 N–H and O–H groups in total. The number of thiophene rings is 1. The topological polar surface area (TPSA) is 84.0 Å². The van der Waals surface area contributed by atoms with E-state index in [-0.39, 0.29) is 6.54 Å². The first-order chi connectivity index (χ1) is 9.92. The lowest BCUT2D eigenvalue weighted by Crippen LogP contribution is -2.24. The second kappa shape index (κ2) is 6.61. The molecule has 2 heterocycles. The molecular weight excluding hydrogens is 308 g/mol. The molecule has 114 valence electrons. The molecule has 0 saturated heterocycles. The van der Waals surface area contributed by atoms with E-state index in [0.29, 0.717) is 17.1 Å². The van der Waals surface area contributed by atoms with Crippen LogP contribution < -0.4 is 10.0 Å². The van der Waals surface area contributed by atoms with Crippen molar-refractivity contribution in [1.29, 1.82) is 0 Å². The molecule has 0 saturated carbocycles. The minimum atomic E-state index is -3.53. The van der Waals surface area contributed by atoms with Crippen molar-refractivity contribution in [2.75, 3.05) is 7.05 Å². The second-order valence-corrected chi connectivity index (χ2v) is 7.71. The van der Waals surface area contributed by atoms with Crippen LogP contribution in [0.2, 0.25) is 0 Å². The molecule has 2 aromatic heterocycles. The average molecular weight is 326 g/mol. The minimum Gasteiger partial charge on any atom is -0.315 e. The molecule has 0 fully saturated rings. The van der Waals surface area contributed by atoms with Crippen molar-refractivity contribution in [3.8, 4) is 0 Å². The smallest absolute Gasteiger partial charge is 0.242 e. The van der Waals surface area contributed by atoms with Crippen LogP contribution in [0.1, 0.15) is 21.1 Å². The lowest BCUT2D eigenvalue weighted by molar-refractivity contribution is 0.580.